The fourth-order valence-corrected chi connectivity index (χ4v) is 1.08. The molecule has 13 heavy (non-hydrogen) atoms. The molecule has 0 rings (SSSR count). The molecule has 3 heteroatoms. The molecule has 3 nitrogen and oxygen atoms in total. The van der Waals surface area contributed by atoms with Gasteiger partial charge in [0.2, 0.25) is 0 Å². The largest absolute Gasteiger partial charge is 0.395 e. The normalized spacial score (nSPS) is 11.5. The summed E-state index contributed by atoms with van der Waals surface area (Å²) in [4.78, 5) is 2.18. The summed E-state index contributed by atoms with van der Waals surface area (Å²) in [6.07, 6.45) is 0. The van der Waals surface area contributed by atoms with Crippen molar-refractivity contribution in [3.05, 3.63) is 0 Å². The van der Waals surface area contributed by atoms with E-state index in [-0.39, 0.29) is 6.61 Å². The molecule has 0 atom stereocenters. The molecule has 0 spiro atoms. The third kappa shape index (κ3) is 8.22. The van der Waals surface area contributed by atoms with Crippen LogP contribution >= 0.6 is 0 Å². The number of nitrogens with zero attached hydrogens (tertiary/aromatic N) is 1. The highest BCUT2D eigenvalue weighted by atomic mass is 16.5. The van der Waals surface area contributed by atoms with Crippen LogP contribution in [-0.2, 0) is 4.74 Å². The molecule has 0 aromatic heterocycles. The van der Waals surface area contributed by atoms with Crippen molar-refractivity contribution in [3.8, 4) is 0 Å². The molecule has 0 radical (unpaired) electrons. The summed E-state index contributed by atoms with van der Waals surface area (Å²) in [6, 6.07) is 0. The van der Waals surface area contributed by atoms with Gasteiger partial charge in [-0.2, -0.15) is 0 Å². The standard InChI is InChI=1S/C10H23NO2/c1-4-11(5-7-12)6-8-13-9-10(2)3/h10,12H,4-9H2,1-3H3. The molecule has 0 aliphatic heterocycles. The van der Waals surface area contributed by atoms with Crippen LogP contribution in [0.1, 0.15) is 20.8 Å². The van der Waals surface area contributed by atoms with Gasteiger partial charge in [0, 0.05) is 19.7 Å². The fraction of sp³-hybridized carbons (Fsp3) is 1.00. The Morgan fingerprint density at radius 1 is 1.31 bits per heavy atom. The highest BCUT2D eigenvalue weighted by Gasteiger charge is 2.00. The molecule has 0 heterocycles. The first-order chi connectivity index (χ1) is 6.20. The summed E-state index contributed by atoms with van der Waals surface area (Å²) in [6.45, 7) is 10.9. The molecule has 0 unspecified atom stereocenters. The molecular weight excluding hydrogens is 166 g/mol. The number of ether oxygens (including phenoxy) is 1. The maximum Gasteiger partial charge on any atom is 0.0593 e. The van der Waals surface area contributed by atoms with Gasteiger partial charge in [0.15, 0.2) is 0 Å². The summed E-state index contributed by atoms with van der Waals surface area (Å²) in [5.41, 5.74) is 0. The Hall–Kier alpha value is -0.120. The lowest BCUT2D eigenvalue weighted by atomic mass is 10.2. The van der Waals surface area contributed by atoms with Crippen LogP contribution in [0, 0.1) is 5.92 Å². The monoisotopic (exact) mass is 189 g/mol. The molecule has 0 aliphatic rings. The van der Waals surface area contributed by atoms with Crippen LogP contribution in [0.25, 0.3) is 0 Å². The van der Waals surface area contributed by atoms with Gasteiger partial charge in [0.05, 0.1) is 13.2 Å². The van der Waals surface area contributed by atoms with Gasteiger partial charge in [-0.25, -0.2) is 0 Å². The minimum atomic E-state index is 0.234. The van der Waals surface area contributed by atoms with E-state index in [0.29, 0.717) is 5.92 Å². The summed E-state index contributed by atoms with van der Waals surface area (Å²) >= 11 is 0. The third-order valence-corrected chi connectivity index (χ3v) is 1.87. The average Bonchev–Trinajstić information content (AvgIpc) is 2.10. The number of aliphatic hydroxyl groups excluding tert-OH is 1. The molecular formula is C10H23NO2. The molecule has 1 N–H and O–H groups in total. The first-order valence-corrected chi connectivity index (χ1v) is 5.11. The van der Waals surface area contributed by atoms with Crippen molar-refractivity contribution in [2.45, 2.75) is 20.8 Å². The summed E-state index contributed by atoms with van der Waals surface area (Å²) in [5, 5.41) is 8.73. The molecule has 0 aromatic carbocycles. The smallest absolute Gasteiger partial charge is 0.0593 e. The van der Waals surface area contributed by atoms with Gasteiger partial charge in [-0.05, 0) is 12.5 Å². The van der Waals surface area contributed by atoms with Gasteiger partial charge in [0.1, 0.15) is 0 Å². The maximum absolute atomic E-state index is 8.73. The van der Waals surface area contributed by atoms with Gasteiger partial charge in [-0.15, -0.1) is 0 Å². The van der Waals surface area contributed by atoms with E-state index in [0.717, 1.165) is 32.8 Å². The van der Waals surface area contributed by atoms with Crippen molar-refractivity contribution in [3.63, 3.8) is 0 Å². The topological polar surface area (TPSA) is 32.7 Å². The maximum atomic E-state index is 8.73. The lowest BCUT2D eigenvalue weighted by Gasteiger charge is -2.19. The van der Waals surface area contributed by atoms with Gasteiger partial charge in [0.25, 0.3) is 0 Å². The summed E-state index contributed by atoms with van der Waals surface area (Å²) in [5.74, 6) is 0.605. The van der Waals surface area contributed by atoms with Crippen molar-refractivity contribution in [2.24, 2.45) is 5.92 Å². The van der Waals surface area contributed by atoms with Crippen LogP contribution < -0.4 is 0 Å². The Labute approximate surface area is 81.7 Å². The zero-order valence-corrected chi connectivity index (χ0v) is 9.12. The minimum absolute atomic E-state index is 0.234. The van der Waals surface area contributed by atoms with E-state index in [1.807, 2.05) is 0 Å². The Balaban J connectivity index is 3.27. The number of rotatable bonds is 8. The van der Waals surface area contributed by atoms with Crippen LogP contribution in [-0.4, -0.2) is 49.5 Å². The van der Waals surface area contributed by atoms with E-state index in [1.165, 1.54) is 0 Å². The number of hydrogen-bond donors (Lipinski definition) is 1. The third-order valence-electron chi connectivity index (χ3n) is 1.87. The zero-order chi connectivity index (χ0) is 10.1. The fourth-order valence-electron chi connectivity index (χ4n) is 1.08. The van der Waals surface area contributed by atoms with Gasteiger partial charge in [-0.1, -0.05) is 20.8 Å². The van der Waals surface area contributed by atoms with E-state index in [2.05, 4.69) is 25.7 Å². The highest BCUT2D eigenvalue weighted by Crippen LogP contribution is 1.93. The van der Waals surface area contributed by atoms with Crippen molar-refractivity contribution in [1.82, 2.24) is 4.90 Å². The summed E-state index contributed by atoms with van der Waals surface area (Å²) in [7, 11) is 0. The van der Waals surface area contributed by atoms with Gasteiger partial charge in [-0.3, -0.25) is 4.90 Å². The predicted octanol–water partition coefficient (Wildman–Crippen LogP) is 0.973. The van der Waals surface area contributed by atoms with Crippen molar-refractivity contribution in [1.29, 1.82) is 0 Å². The van der Waals surface area contributed by atoms with Gasteiger partial charge >= 0.3 is 0 Å². The Morgan fingerprint density at radius 2 is 2.00 bits per heavy atom. The molecule has 0 aromatic rings. The molecule has 0 bridgehead atoms. The van der Waals surface area contributed by atoms with Crippen molar-refractivity contribution in [2.75, 3.05) is 39.5 Å². The van der Waals surface area contributed by atoms with E-state index in [9.17, 15) is 0 Å². The average molecular weight is 189 g/mol. The Kier molecular flexibility index (Phi) is 8.40. The second kappa shape index (κ2) is 8.48. The quantitative estimate of drug-likeness (QED) is 0.578. The molecule has 80 valence electrons. The van der Waals surface area contributed by atoms with Crippen LogP contribution in [0.5, 0.6) is 0 Å². The number of likely N-dealkylation sites (N-methyl/N-ethyl adjacent to an activating group) is 1. The molecule has 0 saturated carbocycles. The van der Waals surface area contributed by atoms with Gasteiger partial charge < -0.3 is 9.84 Å². The van der Waals surface area contributed by atoms with E-state index >= 15 is 0 Å². The lowest BCUT2D eigenvalue weighted by molar-refractivity contribution is 0.0813. The molecule has 0 amide bonds. The lowest BCUT2D eigenvalue weighted by Crippen LogP contribution is -2.30. The van der Waals surface area contributed by atoms with E-state index < -0.39 is 0 Å². The number of hydrogen-bond acceptors (Lipinski definition) is 3. The summed E-state index contributed by atoms with van der Waals surface area (Å²) < 4.78 is 5.45. The minimum Gasteiger partial charge on any atom is -0.395 e. The van der Waals surface area contributed by atoms with Crippen LogP contribution in [0.2, 0.25) is 0 Å². The van der Waals surface area contributed by atoms with E-state index in [4.69, 9.17) is 9.84 Å². The first-order valence-electron chi connectivity index (χ1n) is 5.11. The highest BCUT2D eigenvalue weighted by molar-refractivity contribution is 4.53. The van der Waals surface area contributed by atoms with Crippen LogP contribution in [0.15, 0.2) is 0 Å². The molecule has 0 saturated heterocycles. The van der Waals surface area contributed by atoms with Crippen molar-refractivity contribution >= 4 is 0 Å². The zero-order valence-electron chi connectivity index (χ0n) is 9.12. The van der Waals surface area contributed by atoms with Crippen LogP contribution in [0.3, 0.4) is 0 Å². The van der Waals surface area contributed by atoms with E-state index in [1.54, 1.807) is 0 Å². The SMILES string of the molecule is CCN(CCO)CCOCC(C)C. The predicted molar refractivity (Wildman–Crippen MR) is 54.9 cm³/mol. The van der Waals surface area contributed by atoms with Crippen LogP contribution in [0.4, 0.5) is 0 Å². The second-order valence-electron chi connectivity index (χ2n) is 3.63. The first kappa shape index (κ1) is 12.9. The Bertz CT molecular complexity index is 107. The molecule has 0 aliphatic carbocycles. The van der Waals surface area contributed by atoms with Crippen molar-refractivity contribution < 1.29 is 9.84 Å². The Morgan fingerprint density at radius 3 is 2.46 bits per heavy atom. The second-order valence-corrected chi connectivity index (χ2v) is 3.63. The number of aliphatic hydroxyl groups is 1. The molecule has 0 fully saturated rings.